The van der Waals surface area contributed by atoms with Crippen LogP contribution in [0, 0.1) is 5.82 Å². The van der Waals surface area contributed by atoms with Crippen molar-refractivity contribution in [3.05, 3.63) is 48.4 Å². The Hall–Kier alpha value is -1.90. The third-order valence-corrected chi connectivity index (χ3v) is 2.37. The molecular weight excluding hydrogens is 193 g/mol. The predicted molar refractivity (Wildman–Crippen MR) is 57.5 cm³/mol. The summed E-state index contributed by atoms with van der Waals surface area (Å²) in [5, 5.41) is 0.474. The Morgan fingerprint density at radius 2 is 2.13 bits per heavy atom. The number of nitrogens with zero attached hydrogens (tertiary/aromatic N) is 1. The molecule has 0 aliphatic carbocycles. The van der Waals surface area contributed by atoms with Crippen LogP contribution in [0.25, 0.3) is 10.9 Å². The van der Waals surface area contributed by atoms with Gasteiger partial charge in [-0.05, 0) is 12.1 Å². The number of hydrogen-bond acceptors (Lipinski definition) is 1. The van der Waals surface area contributed by atoms with Crippen LogP contribution < -0.4 is 0 Å². The summed E-state index contributed by atoms with van der Waals surface area (Å²) in [6.45, 7) is 4.02. The van der Waals surface area contributed by atoms with Crippen LogP contribution in [0.2, 0.25) is 0 Å². The number of fused-ring (bicyclic) bond motifs is 1. The minimum atomic E-state index is -0.456. The van der Waals surface area contributed by atoms with Gasteiger partial charge in [0, 0.05) is 11.9 Å². The van der Waals surface area contributed by atoms with E-state index in [9.17, 15) is 9.18 Å². The van der Waals surface area contributed by atoms with Crippen molar-refractivity contribution in [3.63, 3.8) is 0 Å². The molecule has 0 spiro atoms. The molecule has 1 aromatic carbocycles. The highest BCUT2D eigenvalue weighted by atomic mass is 19.1. The van der Waals surface area contributed by atoms with Crippen LogP contribution in [0.4, 0.5) is 4.39 Å². The molecule has 15 heavy (non-hydrogen) atoms. The van der Waals surface area contributed by atoms with Gasteiger partial charge in [0.05, 0.1) is 5.52 Å². The number of para-hydroxylation sites is 1. The summed E-state index contributed by atoms with van der Waals surface area (Å²) in [6.07, 6.45) is 2.18. The minimum absolute atomic E-state index is 0.0797. The van der Waals surface area contributed by atoms with Gasteiger partial charge in [-0.1, -0.05) is 18.2 Å². The fourth-order valence-corrected chi connectivity index (χ4v) is 1.72. The summed E-state index contributed by atoms with van der Waals surface area (Å²) in [5.41, 5.74) is 0.799. The van der Waals surface area contributed by atoms with Crippen molar-refractivity contribution in [2.24, 2.45) is 0 Å². The molecule has 76 valence electrons. The SMILES string of the molecule is C=CCn1c(C=O)c(F)c2ccccc21. The van der Waals surface area contributed by atoms with E-state index in [2.05, 4.69) is 6.58 Å². The number of rotatable bonds is 3. The Bertz CT molecular complexity index is 528. The average molecular weight is 203 g/mol. The molecule has 0 saturated heterocycles. The highest BCUT2D eigenvalue weighted by Gasteiger charge is 2.14. The van der Waals surface area contributed by atoms with Crippen molar-refractivity contribution in [2.45, 2.75) is 6.54 Å². The molecule has 1 heterocycles. The summed E-state index contributed by atoms with van der Waals surface area (Å²) >= 11 is 0. The van der Waals surface area contributed by atoms with Crippen LogP contribution in [0.3, 0.4) is 0 Å². The van der Waals surface area contributed by atoms with Gasteiger partial charge in [0.15, 0.2) is 12.1 Å². The molecule has 0 bridgehead atoms. The van der Waals surface area contributed by atoms with E-state index in [0.717, 1.165) is 5.52 Å². The predicted octanol–water partition coefficient (Wildman–Crippen LogP) is 2.78. The smallest absolute Gasteiger partial charge is 0.169 e. The third-order valence-electron chi connectivity index (χ3n) is 2.37. The van der Waals surface area contributed by atoms with Gasteiger partial charge in [-0.15, -0.1) is 6.58 Å². The average Bonchev–Trinajstić information content (AvgIpc) is 2.54. The monoisotopic (exact) mass is 203 g/mol. The number of aldehydes is 1. The lowest BCUT2D eigenvalue weighted by Gasteiger charge is -2.02. The molecule has 0 saturated carbocycles. The summed E-state index contributed by atoms with van der Waals surface area (Å²) in [5.74, 6) is -0.456. The number of allylic oxidation sites excluding steroid dienone is 1. The molecule has 0 aliphatic heterocycles. The van der Waals surface area contributed by atoms with Crippen LogP contribution in [0.15, 0.2) is 36.9 Å². The van der Waals surface area contributed by atoms with Gasteiger partial charge in [-0.25, -0.2) is 4.39 Å². The maximum Gasteiger partial charge on any atom is 0.169 e. The molecule has 0 fully saturated rings. The van der Waals surface area contributed by atoms with E-state index in [0.29, 0.717) is 18.2 Å². The maximum atomic E-state index is 13.7. The normalized spacial score (nSPS) is 10.5. The van der Waals surface area contributed by atoms with Crippen LogP contribution in [0.5, 0.6) is 0 Å². The third kappa shape index (κ3) is 1.36. The topological polar surface area (TPSA) is 22.0 Å². The fraction of sp³-hybridized carbons (Fsp3) is 0.0833. The first-order valence-electron chi connectivity index (χ1n) is 4.62. The zero-order valence-electron chi connectivity index (χ0n) is 8.11. The van der Waals surface area contributed by atoms with Crippen molar-refractivity contribution >= 4 is 17.2 Å². The zero-order chi connectivity index (χ0) is 10.8. The quantitative estimate of drug-likeness (QED) is 0.555. The standard InChI is InChI=1S/C12H10FNO/c1-2-7-14-10-6-4-3-5-9(10)12(13)11(14)8-15/h2-6,8H,1,7H2. The molecule has 0 N–H and O–H groups in total. The van der Waals surface area contributed by atoms with E-state index in [1.165, 1.54) is 0 Å². The summed E-state index contributed by atoms with van der Waals surface area (Å²) in [7, 11) is 0. The molecule has 2 aromatic rings. The van der Waals surface area contributed by atoms with Crippen LogP contribution >= 0.6 is 0 Å². The van der Waals surface area contributed by atoms with Crippen LogP contribution in [-0.2, 0) is 6.54 Å². The van der Waals surface area contributed by atoms with Crippen molar-refractivity contribution < 1.29 is 9.18 Å². The zero-order valence-corrected chi connectivity index (χ0v) is 8.11. The van der Waals surface area contributed by atoms with Crippen molar-refractivity contribution in [1.29, 1.82) is 0 Å². The number of hydrogen-bond donors (Lipinski definition) is 0. The van der Waals surface area contributed by atoms with Crippen molar-refractivity contribution in [1.82, 2.24) is 4.57 Å². The Morgan fingerprint density at radius 3 is 2.80 bits per heavy atom. The first kappa shape index (κ1) is 9.65. The molecule has 0 radical (unpaired) electrons. The highest BCUT2D eigenvalue weighted by Crippen LogP contribution is 2.23. The number of aromatic nitrogens is 1. The van der Waals surface area contributed by atoms with Gasteiger partial charge in [-0.3, -0.25) is 4.79 Å². The van der Waals surface area contributed by atoms with Gasteiger partial charge in [0.2, 0.25) is 0 Å². The lowest BCUT2D eigenvalue weighted by molar-refractivity contribution is 0.111. The van der Waals surface area contributed by atoms with Gasteiger partial charge in [-0.2, -0.15) is 0 Å². The molecule has 0 atom stereocenters. The number of carbonyl (C=O) groups is 1. The number of carbonyl (C=O) groups excluding carboxylic acids is 1. The summed E-state index contributed by atoms with van der Waals surface area (Å²) < 4.78 is 15.3. The first-order valence-corrected chi connectivity index (χ1v) is 4.62. The van der Waals surface area contributed by atoms with E-state index in [4.69, 9.17) is 0 Å². The summed E-state index contributed by atoms with van der Waals surface area (Å²) in [4.78, 5) is 10.8. The second-order valence-corrected chi connectivity index (χ2v) is 3.23. The Balaban J connectivity index is 2.84. The Labute approximate surface area is 86.6 Å². The van der Waals surface area contributed by atoms with Crippen molar-refractivity contribution in [3.8, 4) is 0 Å². The van der Waals surface area contributed by atoms with E-state index in [-0.39, 0.29) is 5.69 Å². The van der Waals surface area contributed by atoms with Gasteiger partial charge >= 0.3 is 0 Å². The first-order chi connectivity index (χ1) is 7.29. The molecule has 1 aromatic heterocycles. The summed E-state index contributed by atoms with van der Waals surface area (Å²) in [6, 6.07) is 7.01. The number of benzene rings is 1. The highest BCUT2D eigenvalue weighted by molar-refractivity contribution is 5.89. The molecule has 2 rings (SSSR count). The molecule has 3 heteroatoms. The Morgan fingerprint density at radius 1 is 1.40 bits per heavy atom. The lowest BCUT2D eigenvalue weighted by atomic mass is 10.2. The van der Waals surface area contributed by atoms with Crippen LogP contribution in [0.1, 0.15) is 10.5 Å². The molecule has 2 nitrogen and oxygen atoms in total. The van der Waals surface area contributed by atoms with E-state index >= 15 is 0 Å². The van der Waals surface area contributed by atoms with Crippen LogP contribution in [-0.4, -0.2) is 10.9 Å². The lowest BCUT2D eigenvalue weighted by Crippen LogP contribution is -2.00. The number of halogens is 1. The maximum absolute atomic E-state index is 13.7. The van der Waals surface area contributed by atoms with Crippen molar-refractivity contribution in [2.75, 3.05) is 0 Å². The molecule has 0 unspecified atom stereocenters. The fourth-order valence-electron chi connectivity index (χ4n) is 1.72. The second kappa shape index (κ2) is 3.69. The van der Waals surface area contributed by atoms with Gasteiger partial charge in [0.1, 0.15) is 5.69 Å². The van der Waals surface area contributed by atoms with Gasteiger partial charge in [0.25, 0.3) is 0 Å². The van der Waals surface area contributed by atoms with Gasteiger partial charge < -0.3 is 4.57 Å². The second-order valence-electron chi connectivity index (χ2n) is 3.23. The van der Waals surface area contributed by atoms with E-state index in [1.54, 1.807) is 28.8 Å². The molecule has 0 amide bonds. The minimum Gasteiger partial charge on any atom is -0.332 e. The Kier molecular flexibility index (Phi) is 2.37. The van der Waals surface area contributed by atoms with E-state index in [1.807, 2.05) is 6.07 Å². The van der Waals surface area contributed by atoms with E-state index < -0.39 is 5.82 Å². The largest absolute Gasteiger partial charge is 0.332 e. The molecule has 0 aliphatic rings. The molecular formula is C12H10FNO.